The molecule has 0 fully saturated rings. The Morgan fingerprint density at radius 2 is 1.37 bits per heavy atom. The number of esters is 3. The molecule has 2 aromatic carbocycles. The fraction of sp³-hybridized carbons (Fsp3) is 0.250. The quantitative estimate of drug-likeness (QED) is 0.421. The van der Waals surface area contributed by atoms with E-state index < -0.39 is 23.6 Å². The van der Waals surface area contributed by atoms with Crippen molar-refractivity contribution in [3.8, 4) is 5.75 Å². The molecule has 7 heteroatoms. The van der Waals surface area contributed by atoms with Gasteiger partial charge >= 0.3 is 23.6 Å². The summed E-state index contributed by atoms with van der Waals surface area (Å²) < 4.78 is 29.8. The van der Waals surface area contributed by atoms with Gasteiger partial charge in [-0.2, -0.15) is 0 Å². The number of hydrogen-bond donors (Lipinski definition) is 0. The van der Waals surface area contributed by atoms with Crippen LogP contribution in [0.1, 0.15) is 29.8 Å². The molecule has 0 bridgehead atoms. The third kappa shape index (κ3) is 4.49. The summed E-state index contributed by atoms with van der Waals surface area (Å²) in [6, 6.07) is 13.2. The molecular weight excluding hydrogens is 355 g/mol. The Morgan fingerprint density at radius 1 is 0.852 bits per heavy atom. The van der Waals surface area contributed by atoms with E-state index in [9.17, 15) is 14.4 Å². The van der Waals surface area contributed by atoms with Gasteiger partial charge in [0.1, 0.15) is 5.75 Å². The lowest BCUT2D eigenvalue weighted by Crippen LogP contribution is -2.42. The average molecular weight is 374 g/mol. The zero-order valence-electron chi connectivity index (χ0n) is 14.9. The standard InChI is InChI=1S/C20H19FO6/c1-3-25-18(23)20(21,19(24)26-4-2)15-10-12-16(13-11-15)27-17(22)14-8-6-5-7-9-14/h5-13H,3-4H2,1-2H3. The van der Waals surface area contributed by atoms with Gasteiger partial charge in [0.25, 0.3) is 0 Å². The predicted octanol–water partition coefficient (Wildman–Crippen LogP) is 3.20. The van der Waals surface area contributed by atoms with Crippen LogP contribution >= 0.6 is 0 Å². The second-order valence-corrected chi connectivity index (χ2v) is 5.38. The van der Waals surface area contributed by atoms with Crippen molar-refractivity contribution in [3.05, 3.63) is 65.7 Å². The maximum atomic E-state index is 15.3. The van der Waals surface area contributed by atoms with Gasteiger partial charge in [0.15, 0.2) is 0 Å². The van der Waals surface area contributed by atoms with Crippen molar-refractivity contribution in [2.24, 2.45) is 0 Å². The van der Waals surface area contributed by atoms with E-state index in [1.165, 1.54) is 38.1 Å². The molecule has 142 valence electrons. The average Bonchev–Trinajstić information content (AvgIpc) is 2.69. The summed E-state index contributed by atoms with van der Waals surface area (Å²) in [5, 5.41) is 0. The highest BCUT2D eigenvalue weighted by atomic mass is 19.1. The van der Waals surface area contributed by atoms with E-state index in [2.05, 4.69) is 9.47 Å². The van der Waals surface area contributed by atoms with Gasteiger partial charge < -0.3 is 14.2 Å². The molecule has 0 saturated carbocycles. The van der Waals surface area contributed by atoms with Crippen molar-refractivity contribution in [2.75, 3.05) is 13.2 Å². The lowest BCUT2D eigenvalue weighted by atomic mass is 9.95. The van der Waals surface area contributed by atoms with E-state index in [0.717, 1.165) is 0 Å². The van der Waals surface area contributed by atoms with Gasteiger partial charge in [-0.15, -0.1) is 0 Å². The monoisotopic (exact) mass is 374 g/mol. The molecular formula is C20H19FO6. The molecule has 0 saturated heterocycles. The van der Waals surface area contributed by atoms with Crippen LogP contribution in [0.2, 0.25) is 0 Å². The van der Waals surface area contributed by atoms with Gasteiger partial charge in [-0.3, -0.25) is 0 Å². The number of carbonyl (C=O) groups is 3. The first kappa shape index (κ1) is 20.1. The Balaban J connectivity index is 2.25. The van der Waals surface area contributed by atoms with Crippen LogP contribution in [0.4, 0.5) is 4.39 Å². The smallest absolute Gasteiger partial charge is 0.360 e. The molecule has 0 aromatic heterocycles. The number of ether oxygens (including phenoxy) is 3. The first-order chi connectivity index (χ1) is 12.9. The SMILES string of the molecule is CCOC(=O)C(F)(C(=O)OCC)c1ccc(OC(=O)c2ccccc2)cc1. The highest BCUT2D eigenvalue weighted by Crippen LogP contribution is 2.31. The second kappa shape index (κ2) is 8.93. The van der Waals surface area contributed by atoms with E-state index in [0.29, 0.717) is 5.56 Å². The molecule has 0 spiro atoms. The van der Waals surface area contributed by atoms with Crippen LogP contribution in [0.5, 0.6) is 5.75 Å². The summed E-state index contributed by atoms with van der Waals surface area (Å²) in [6.07, 6.45) is 0. The Hall–Kier alpha value is -3.22. The predicted molar refractivity (Wildman–Crippen MR) is 93.9 cm³/mol. The molecule has 0 heterocycles. The minimum atomic E-state index is -3.10. The van der Waals surface area contributed by atoms with Crippen LogP contribution in [-0.4, -0.2) is 31.1 Å². The van der Waals surface area contributed by atoms with Crippen LogP contribution in [0.3, 0.4) is 0 Å². The fourth-order valence-corrected chi connectivity index (χ4v) is 2.27. The third-order valence-electron chi connectivity index (χ3n) is 3.59. The fourth-order valence-electron chi connectivity index (χ4n) is 2.27. The van der Waals surface area contributed by atoms with Gasteiger partial charge in [-0.1, -0.05) is 30.3 Å². The topological polar surface area (TPSA) is 78.9 Å². The molecule has 0 amide bonds. The Morgan fingerprint density at radius 3 is 1.85 bits per heavy atom. The van der Waals surface area contributed by atoms with Crippen molar-refractivity contribution in [1.29, 1.82) is 0 Å². The molecule has 2 aromatic rings. The van der Waals surface area contributed by atoms with Gasteiger partial charge in [-0.25, -0.2) is 18.8 Å². The summed E-state index contributed by atoms with van der Waals surface area (Å²) >= 11 is 0. The zero-order chi connectivity index (χ0) is 19.9. The van der Waals surface area contributed by atoms with Gasteiger partial charge in [0, 0.05) is 5.56 Å². The third-order valence-corrected chi connectivity index (χ3v) is 3.59. The number of benzene rings is 2. The van der Waals surface area contributed by atoms with E-state index in [-0.39, 0.29) is 24.5 Å². The first-order valence-corrected chi connectivity index (χ1v) is 8.34. The molecule has 0 aliphatic carbocycles. The molecule has 0 atom stereocenters. The zero-order valence-corrected chi connectivity index (χ0v) is 14.9. The summed E-state index contributed by atoms with van der Waals surface area (Å²) in [7, 11) is 0. The van der Waals surface area contributed by atoms with E-state index in [4.69, 9.17) is 4.74 Å². The molecule has 0 radical (unpaired) electrons. The Bertz CT molecular complexity index is 783. The minimum Gasteiger partial charge on any atom is -0.463 e. The van der Waals surface area contributed by atoms with Gasteiger partial charge in [0.05, 0.1) is 18.8 Å². The largest absolute Gasteiger partial charge is 0.463 e. The van der Waals surface area contributed by atoms with E-state index in [1.54, 1.807) is 30.3 Å². The molecule has 27 heavy (non-hydrogen) atoms. The van der Waals surface area contributed by atoms with E-state index >= 15 is 4.39 Å². The van der Waals surface area contributed by atoms with Crippen LogP contribution in [-0.2, 0) is 24.7 Å². The van der Waals surface area contributed by atoms with Gasteiger partial charge in [-0.05, 0) is 38.1 Å². The minimum absolute atomic E-state index is 0.101. The van der Waals surface area contributed by atoms with Crippen LogP contribution in [0.25, 0.3) is 0 Å². The first-order valence-electron chi connectivity index (χ1n) is 8.34. The summed E-state index contributed by atoms with van der Waals surface area (Å²) in [5.41, 5.74) is -3.04. The lowest BCUT2D eigenvalue weighted by molar-refractivity contribution is -0.175. The molecule has 0 unspecified atom stereocenters. The Kier molecular flexibility index (Phi) is 6.65. The molecule has 0 aliphatic rings. The molecule has 2 rings (SSSR count). The number of rotatable bonds is 7. The van der Waals surface area contributed by atoms with Crippen molar-refractivity contribution < 1.29 is 33.0 Å². The number of alkyl halides is 1. The maximum Gasteiger partial charge on any atom is 0.360 e. The lowest BCUT2D eigenvalue weighted by Gasteiger charge is -2.21. The van der Waals surface area contributed by atoms with Crippen LogP contribution in [0, 0.1) is 0 Å². The summed E-state index contributed by atoms with van der Waals surface area (Å²) in [5.74, 6) is -3.19. The Labute approximate surface area is 155 Å². The number of carbonyl (C=O) groups excluding carboxylic acids is 3. The highest BCUT2D eigenvalue weighted by Gasteiger charge is 2.51. The van der Waals surface area contributed by atoms with Crippen molar-refractivity contribution in [2.45, 2.75) is 19.5 Å². The van der Waals surface area contributed by atoms with Gasteiger partial charge in [0.2, 0.25) is 0 Å². The summed E-state index contributed by atoms with van der Waals surface area (Å²) in [6.45, 7) is 2.79. The maximum absolute atomic E-state index is 15.3. The number of halogens is 1. The normalized spacial score (nSPS) is 10.8. The summed E-state index contributed by atoms with van der Waals surface area (Å²) in [4.78, 5) is 36.1. The molecule has 0 N–H and O–H groups in total. The van der Waals surface area contributed by atoms with Crippen molar-refractivity contribution in [1.82, 2.24) is 0 Å². The highest BCUT2D eigenvalue weighted by molar-refractivity contribution is 6.04. The van der Waals surface area contributed by atoms with Crippen LogP contribution in [0.15, 0.2) is 54.6 Å². The van der Waals surface area contributed by atoms with Crippen molar-refractivity contribution >= 4 is 17.9 Å². The number of hydrogen-bond acceptors (Lipinski definition) is 6. The molecule has 6 nitrogen and oxygen atoms in total. The molecule has 0 aliphatic heterocycles. The second-order valence-electron chi connectivity index (χ2n) is 5.38. The van der Waals surface area contributed by atoms with Crippen molar-refractivity contribution in [3.63, 3.8) is 0 Å². The van der Waals surface area contributed by atoms with E-state index in [1.807, 2.05) is 0 Å². The van der Waals surface area contributed by atoms with Crippen LogP contribution < -0.4 is 4.74 Å².